The molecule has 3 heterocycles. The fourth-order valence-electron chi connectivity index (χ4n) is 5.86. The second-order valence-corrected chi connectivity index (χ2v) is 9.96. The summed E-state index contributed by atoms with van der Waals surface area (Å²) in [7, 11) is 1.66. The number of phenols is 1. The number of fused-ring (bicyclic) bond motifs is 4. The van der Waals surface area contributed by atoms with E-state index in [1.165, 1.54) is 0 Å². The van der Waals surface area contributed by atoms with E-state index in [2.05, 4.69) is 24.8 Å². The monoisotopic (exact) mass is 453 g/mol. The number of ether oxygens (including phenoxy) is 3. The van der Waals surface area contributed by atoms with Gasteiger partial charge in [-0.05, 0) is 56.9 Å². The molecule has 7 heteroatoms. The van der Waals surface area contributed by atoms with Crippen molar-refractivity contribution in [3.63, 3.8) is 0 Å². The standard InChI is InChI=1S/C26H31NO6/c1-14-10-15(11-17(22(14)28)25(29)30)13-27-9-8-20-19(27)12-18-23(32-20)16-6-5-7-21(31-4)24(16)33-26(18,2)3/h5-7,10-11,18-20,23,28H,8-9,12-13H2,1-4H3,(H,29,30)/t18-,19+,20-,23+/m1/s1. The Morgan fingerprint density at radius 2 is 2.09 bits per heavy atom. The minimum atomic E-state index is -1.12. The summed E-state index contributed by atoms with van der Waals surface area (Å²) in [5.41, 5.74) is 2.05. The van der Waals surface area contributed by atoms with Crippen molar-refractivity contribution in [1.82, 2.24) is 4.90 Å². The summed E-state index contributed by atoms with van der Waals surface area (Å²) < 4.78 is 18.8. The highest BCUT2D eigenvalue weighted by molar-refractivity contribution is 5.91. The average molecular weight is 454 g/mol. The molecule has 2 N–H and O–H groups in total. The average Bonchev–Trinajstić information content (AvgIpc) is 3.16. The minimum absolute atomic E-state index is 0.0467. The highest BCUT2D eigenvalue weighted by Gasteiger charge is 2.53. The summed E-state index contributed by atoms with van der Waals surface area (Å²) in [6.07, 6.45) is 1.92. The van der Waals surface area contributed by atoms with E-state index in [4.69, 9.17) is 14.2 Å². The van der Waals surface area contributed by atoms with Crippen molar-refractivity contribution >= 4 is 5.97 Å². The zero-order valence-corrected chi connectivity index (χ0v) is 19.5. The molecular weight excluding hydrogens is 422 g/mol. The summed E-state index contributed by atoms with van der Waals surface area (Å²) in [5.74, 6) is 0.408. The summed E-state index contributed by atoms with van der Waals surface area (Å²) in [6, 6.07) is 9.66. The molecule has 2 aromatic rings. The number of hydrogen-bond donors (Lipinski definition) is 2. The van der Waals surface area contributed by atoms with Crippen molar-refractivity contribution in [2.45, 2.75) is 64.0 Å². The highest BCUT2D eigenvalue weighted by atomic mass is 16.5. The summed E-state index contributed by atoms with van der Waals surface area (Å²) in [6.45, 7) is 7.47. The van der Waals surface area contributed by atoms with Gasteiger partial charge in [0.25, 0.3) is 0 Å². The zero-order chi connectivity index (χ0) is 23.5. The van der Waals surface area contributed by atoms with E-state index >= 15 is 0 Å². The van der Waals surface area contributed by atoms with Gasteiger partial charge >= 0.3 is 5.97 Å². The zero-order valence-electron chi connectivity index (χ0n) is 19.5. The Labute approximate surface area is 193 Å². The van der Waals surface area contributed by atoms with Gasteiger partial charge in [-0.2, -0.15) is 0 Å². The largest absolute Gasteiger partial charge is 0.507 e. The van der Waals surface area contributed by atoms with E-state index < -0.39 is 11.6 Å². The number of hydrogen-bond acceptors (Lipinski definition) is 6. The van der Waals surface area contributed by atoms with Gasteiger partial charge in [0, 0.05) is 30.6 Å². The minimum Gasteiger partial charge on any atom is -0.507 e. The van der Waals surface area contributed by atoms with Crippen molar-refractivity contribution in [2.24, 2.45) is 5.92 Å². The Hall–Kier alpha value is -2.77. The molecule has 3 aliphatic rings. The van der Waals surface area contributed by atoms with Gasteiger partial charge < -0.3 is 24.4 Å². The topological polar surface area (TPSA) is 88.5 Å². The van der Waals surface area contributed by atoms with Gasteiger partial charge in [-0.1, -0.05) is 18.2 Å². The molecular formula is C26H31NO6. The molecule has 0 bridgehead atoms. The Morgan fingerprint density at radius 1 is 1.30 bits per heavy atom. The van der Waals surface area contributed by atoms with E-state index in [0.717, 1.165) is 42.0 Å². The molecule has 7 nitrogen and oxygen atoms in total. The maximum Gasteiger partial charge on any atom is 0.339 e. The lowest BCUT2D eigenvalue weighted by Gasteiger charge is -2.51. The molecule has 5 rings (SSSR count). The van der Waals surface area contributed by atoms with Gasteiger partial charge in [0.05, 0.1) is 19.3 Å². The number of nitrogens with zero attached hydrogens (tertiary/aromatic N) is 1. The number of carboxylic acids is 1. The van der Waals surface area contributed by atoms with Crippen LogP contribution in [0, 0.1) is 12.8 Å². The van der Waals surface area contributed by atoms with Gasteiger partial charge in [0.15, 0.2) is 11.5 Å². The van der Waals surface area contributed by atoms with Crippen LogP contribution in [0.25, 0.3) is 0 Å². The van der Waals surface area contributed by atoms with E-state index in [0.29, 0.717) is 12.1 Å². The van der Waals surface area contributed by atoms with Crippen LogP contribution in [0.4, 0.5) is 0 Å². The predicted molar refractivity (Wildman–Crippen MR) is 122 cm³/mol. The van der Waals surface area contributed by atoms with Crippen molar-refractivity contribution in [3.8, 4) is 17.2 Å². The van der Waals surface area contributed by atoms with Crippen LogP contribution in [0.5, 0.6) is 17.2 Å². The molecule has 176 valence electrons. The van der Waals surface area contributed by atoms with Crippen molar-refractivity contribution in [1.29, 1.82) is 0 Å². The third-order valence-corrected chi connectivity index (χ3v) is 7.55. The van der Waals surface area contributed by atoms with Crippen molar-refractivity contribution < 1.29 is 29.2 Å². The highest BCUT2D eigenvalue weighted by Crippen LogP contribution is 2.54. The smallest absolute Gasteiger partial charge is 0.339 e. The van der Waals surface area contributed by atoms with Crippen LogP contribution < -0.4 is 9.47 Å². The van der Waals surface area contributed by atoms with Crippen LogP contribution >= 0.6 is 0 Å². The van der Waals surface area contributed by atoms with Gasteiger partial charge in [0.2, 0.25) is 0 Å². The molecule has 0 unspecified atom stereocenters. The molecule has 0 radical (unpaired) electrons. The summed E-state index contributed by atoms with van der Waals surface area (Å²) in [4.78, 5) is 13.9. The van der Waals surface area contributed by atoms with E-state index in [9.17, 15) is 15.0 Å². The number of aromatic hydroxyl groups is 1. The van der Waals surface area contributed by atoms with Crippen LogP contribution in [-0.2, 0) is 11.3 Å². The van der Waals surface area contributed by atoms with Crippen LogP contribution in [0.1, 0.15) is 59.8 Å². The molecule has 0 spiro atoms. The molecule has 0 saturated carbocycles. The van der Waals surface area contributed by atoms with E-state index in [1.54, 1.807) is 20.1 Å². The fraction of sp³-hybridized carbons (Fsp3) is 0.500. The lowest BCUT2D eigenvalue weighted by atomic mass is 9.74. The van der Waals surface area contributed by atoms with Gasteiger partial charge in [-0.25, -0.2) is 4.79 Å². The summed E-state index contributed by atoms with van der Waals surface area (Å²) >= 11 is 0. The number of carbonyl (C=O) groups is 1. The van der Waals surface area contributed by atoms with Crippen LogP contribution in [0.2, 0.25) is 0 Å². The number of carboxylic acid groups (broad SMARTS) is 1. The Morgan fingerprint density at radius 3 is 2.82 bits per heavy atom. The first-order chi connectivity index (χ1) is 15.7. The van der Waals surface area contributed by atoms with Crippen molar-refractivity contribution in [3.05, 3.63) is 52.6 Å². The number of rotatable bonds is 4. The second-order valence-electron chi connectivity index (χ2n) is 9.96. The Balaban J connectivity index is 1.42. The number of methoxy groups -OCH3 is 1. The fourth-order valence-corrected chi connectivity index (χ4v) is 5.86. The Bertz CT molecular complexity index is 1100. The lowest BCUT2D eigenvalue weighted by molar-refractivity contribution is -0.163. The number of benzene rings is 2. The molecule has 2 saturated heterocycles. The maximum absolute atomic E-state index is 11.6. The molecule has 4 atom stereocenters. The molecule has 0 amide bonds. The molecule has 2 fully saturated rings. The first-order valence-electron chi connectivity index (χ1n) is 11.5. The third-order valence-electron chi connectivity index (χ3n) is 7.55. The van der Waals surface area contributed by atoms with Crippen LogP contribution in [0.15, 0.2) is 30.3 Å². The van der Waals surface area contributed by atoms with Gasteiger partial charge in [-0.3, -0.25) is 4.90 Å². The maximum atomic E-state index is 11.6. The normalized spacial score (nSPS) is 27.8. The first kappa shape index (κ1) is 22.0. The van der Waals surface area contributed by atoms with E-state index in [-0.39, 0.29) is 35.5 Å². The summed E-state index contributed by atoms with van der Waals surface area (Å²) in [5, 5.41) is 19.6. The molecule has 33 heavy (non-hydrogen) atoms. The first-order valence-corrected chi connectivity index (χ1v) is 11.5. The number of aromatic carboxylic acids is 1. The van der Waals surface area contributed by atoms with Crippen LogP contribution in [0.3, 0.4) is 0 Å². The number of para-hydroxylation sites is 1. The SMILES string of the molecule is COc1cccc2c1OC(C)(C)[C@@H]1C[C@H]3[C@@H](CCN3Cc3cc(C)c(O)c(C(=O)O)c3)O[C@@H]21. The third kappa shape index (κ3) is 3.63. The van der Waals surface area contributed by atoms with Crippen molar-refractivity contribution in [2.75, 3.05) is 13.7 Å². The van der Waals surface area contributed by atoms with Gasteiger partial charge in [-0.15, -0.1) is 0 Å². The lowest BCUT2D eigenvalue weighted by Crippen LogP contribution is -2.53. The molecule has 2 aromatic carbocycles. The van der Waals surface area contributed by atoms with E-state index in [1.807, 2.05) is 18.2 Å². The van der Waals surface area contributed by atoms with Crippen LogP contribution in [-0.4, -0.2) is 52.5 Å². The number of likely N-dealkylation sites (tertiary alicyclic amines) is 1. The second kappa shape index (κ2) is 7.92. The molecule has 0 aliphatic carbocycles. The predicted octanol–water partition coefficient (Wildman–Crippen LogP) is 4.30. The molecule has 0 aromatic heterocycles. The number of aryl methyl sites for hydroxylation is 1. The quantitative estimate of drug-likeness (QED) is 0.714. The Kier molecular flexibility index (Phi) is 5.29. The molecule has 3 aliphatic heterocycles. The van der Waals surface area contributed by atoms with Gasteiger partial charge in [0.1, 0.15) is 16.9 Å².